The number of amides is 1. The normalized spacial score (nSPS) is 11.1. The van der Waals surface area contributed by atoms with Crippen LogP contribution in [-0.2, 0) is 29.1 Å². The van der Waals surface area contributed by atoms with Crippen molar-refractivity contribution < 1.29 is 37.0 Å². The van der Waals surface area contributed by atoms with Gasteiger partial charge in [0.25, 0.3) is 5.56 Å². The summed E-state index contributed by atoms with van der Waals surface area (Å²) in [6.07, 6.45) is -3.13. The first kappa shape index (κ1) is 32.6. The summed E-state index contributed by atoms with van der Waals surface area (Å²) < 4.78 is 53.9. The molecule has 43 heavy (non-hydrogen) atoms. The minimum atomic E-state index is -5.08. The molecule has 0 radical (unpaired) electrons. The molecule has 2 aromatic heterocycles. The number of carboxylic acids is 1. The topological polar surface area (TPSA) is 148 Å². The zero-order chi connectivity index (χ0) is 31.9. The number of carbonyl (C=O) groups is 2. The minimum absolute atomic E-state index is 0.157. The number of aromatic amines is 1. The van der Waals surface area contributed by atoms with Gasteiger partial charge in [0.1, 0.15) is 22.9 Å². The number of fused-ring (bicyclic) bond motifs is 1. The molecule has 11 nitrogen and oxygen atoms in total. The van der Waals surface area contributed by atoms with Crippen molar-refractivity contribution in [2.75, 3.05) is 12.4 Å². The van der Waals surface area contributed by atoms with Gasteiger partial charge >= 0.3 is 17.8 Å². The third-order valence-corrected chi connectivity index (χ3v) is 6.12. The molecule has 4 rings (SSSR count). The average Bonchev–Trinajstić information content (AvgIpc) is 3.36. The highest BCUT2D eigenvalue weighted by atomic mass is 19.4. The zero-order valence-corrected chi connectivity index (χ0v) is 23.4. The second-order valence-corrected chi connectivity index (χ2v) is 9.38. The Morgan fingerprint density at radius 3 is 2.30 bits per heavy atom. The molecule has 0 atom stereocenters. The van der Waals surface area contributed by atoms with Gasteiger partial charge in [-0.15, -0.1) is 0 Å². The maximum atomic E-state index is 14.5. The molecule has 1 amide bonds. The highest BCUT2D eigenvalue weighted by Crippen LogP contribution is 2.18. The number of H-pyrrole nitrogens is 1. The number of anilines is 1. The number of rotatable bonds is 9. The molecule has 0 bridgehead atoms. The lowest BCUT2D eigenvalue weighted by Gasteiger charge is -2.12. The molecule has 0 saturated heterocycles. The Hall–Kier alpha value is -4.95. The van der Waals surface area contributed by atoms with Crippen LogP contribution in [0.25, 0.3) is 11.2 Å². The highest BCUT2D eigenvalue weighted by Gasteiger charge is 2.38. The molecule has 0 saturated carbocycles. The Morgan fingerprint density at radius 1 is 1.09 bits per heavy atom. The SMILES string of the molecule is CCCCn1c(=O)n(Cc2cc(OC)ccc2F)c(=O)c2[nH]c(Cc3ccc(NC(C)=O)cc3)nc21.O=C(O)C(F)(F)F. The molecule has 0 unspecified atom stereocenters. The molecular weight excluding hydrogens is 578 g/mol. The number of carbonyl (C=O) groups excluding carboxylic acids is 1. The number of hydrogen-bond acceptors (Lipinski definition) is 6. The summed E-state index contributed by atoms with van der Waals surface area (Å²) in [7, 11) is 1.46. The van der Waals surface area contributed by atoms with E-state index in [-0.39, 0.29) is 29.2 Å². The molecule has 2 aromatic carbocycles. The van der Waals surface area contributed by atoms with Crippen molar-refractivity contribution in [3.63, 3.8) is 0 Å². The van der Waals surface area contributed by atoms with E-state index < -0.39 is 29.2 Å². The van der Waals surface area contributed by atoms with Gasteiger partial charge in [-0.1, -0.05) is 25.5 Å². The Morgan fingerprint density at radius 2 is 1.74 bits per heavy atom. The van der Waals surface area contributed by atoms with E-state index in [1.54, 1.807) is 12.1 Å². The van der Waals surface area contributed by atoms with Crippen LogP contribution in [0, 0.1) is 5.82 Å². The number of halogens is 4. The number of aromatic nitrogens is 4. The largest absolute Gasteiger partial charge is 0.497 e. The molecule has 4 aromatic rings. The van der Waals surface area contributed by atoms with Gasteiger partial charge in [0.05, 0.1) is 13.7 Å². The number of unbranched alkanes of at least 4 members (excludes halogenated alkanes) is 1. The first-order valence-corrected chi connectivity index (χ1v) is 13.0. The van der Waals surface area contributed by atoms with Crippen molar-refractivity contribution >= 4 is 28.7 Å². The second kappa shape index (κ2) is 13.8. The fraction of sp³-hybridized carbons (Fsp3) is 0.321. The summed E-state index contributed by atoms with van der Waals surface area (Å²) in [5.74, 6) is -2.50. The third-order valence-electron chi connectivity index (χ3n) is 6.12. The van der Waals surface area contributed by atoms with E-state index in [1.165, 1.54) is 36.8 Å². The number of aryl methyl sites for hydroxylation is 1. The Balaban J connectivity index is 0.000000646. The molecule has 0 fully saturated rings. The molecule has 230 valence electrons. The number of carboxylic acid groups (broad SMARTS) is 1. The summed E-state index contributed by atoms with van der Waals surface area (Å²) in [6, 6.07) is 11.5. The molecule has 15 heteroatoms. The number of methoxy groups -OCH3 is 1. The Kier molecular flexibility index (Phi) is 10.5. The van der Waals surface area contributed by atoms with E-state index in [2.05, 4.69) is 15.3 Å². The molecule has 3 N–H and O–H groups in total. The number of imidazole rings is 1. The van der Waals surface area contributed by atoms with E-state index in [1.807, 2.05) is 19.1 Å². The van der Waals surface area contributed by atoms with Crippen molar-refractivity contribution in [1.82, 2.24) is 19.1 Å². The maximum Gasteiger partial charge on any atom is 0.490 e. The average molecular weight is 608 g/mol. The van der Waals surface area contributed by atoms with Gasteiger partial charge in [0.15, 0.2) is 5.65 Å². The fourth-order valence-corrected chi connectivity index (χ4v) is 4.03. The van der Waals surface area contributed by atoms with Crippen LogP contribution in [-0.4, -0.2) is 49.4 Å². The van der Waals surface area contributed by atoms with Gasteiger partial charge in [-0.2, -0.15) is 13.2 Å². The lowest BCUT2D eigenvalue weighted by molar-refractivity contribution is -0.192. The number of aliphatic carboxylic acids is 1. The van der Waals surface area contributed by atoms with Crippen molar-refractivity contribution in [3.05, 3.63) is 86.1 Å². The van der Waals surface area contributed by atoms with Crippen molar-refractivity contribution in [3.8, 4) is 5.75 Å². The molecule has 0 aliphatic carbocycles. The standard InChI is InChI=1S/C26H28FN5O4.C2HF3O2/c1-4-5-12-31-24-23(29-22(30-24)13-17-6-8-19(9-7-17)28-16(2)33)25(34)32(26(31)35)15-18-14-20(36-3)10-11-21(18)27;3-2(4,5)1(6)7/h6-11,14H,4-5,12-13,15H2,1-3H3,(H,28,33)(H,29,30);(H,6,7). The fourth-order valence-electron chi connectivity index (χ4n) is 4.03. The number of ether oxygens (including phenoxy) is 1. The van der Waals surface area contributed by atoms with Crippen LogP contribution >= 0.6 is 0 Å². The third kappa shape index (κ3) is 8.30. The number of nitrogens with zero attached hydrogens (tertiary/aromatic N) is 3. The van der Waals surface area contributed by atoms with Gasteiger partial charge < -0.3 is 20.1 Å². The highest BCUT2D eigenvalue weighted by molar-refractivity contribution is 5.88. The maximum absolute atomic E-state index is 14.5. The van der Waals surface area contributed by atoms with Crippen LogP contribution < -0.4 is 21.3 Å². The summed E-state index contributed by atoms with van der Waals surface area (Å²) in [4.78, 5) is 54.5. The monoisotopic (exact) mass is 607 g/mol. The number of nitrogens with one attached hydrogen (secondary N) is 2. The van der Waals surface area contributed by atoms with Gasteiger partial charge in [-0.25, -0.2) is 19.0 Å². The van der Waals surface area contributed by atoms with Crippen molar-refractivity contribution in [2.24, 2.45) is 0 Å². The van der Waals surface area contributed by atoms with Crippen LogP contribution in [0.15, 0.2) is 52.1 Å². The van der Waals surface area contributed by atoms with Gasteiger partial charge in [-0.05, 0) is 42.3 Å². The first-order chi connectivity index (χ1) is 20.2. The number of hydrogen-bond donors (Lipinski definition) is 3. The van der Waals surface area contributed by atoms with Crippen LogP contribution in [0.3, 0.4) is 0 Å². The van der Waals surface area contributed by atoms with Crippen molar-refractivity contribution in [2.45, 2.75) is 52.4 Å². The van der Waals surface area contributed by atoms with Gasteiger partial charge in [0, 0.05) is 31.1 Å². The van der Waals surface area contributed by atoms with E-state index in [9.17, 15) is 31.9 Å². The number of alkyl halides is 3. The quantitative estimate of drug-likeness (QED) is 0.243. The smallest absolute Gasteiger partial charge is 0.490 e. The van der Waals surface area contributed by atoms with Crippen LogP contribution in [0.4, 0.5) is 23.2 Å². The summed E-state index contributed by atoms with van der Waals surface area (Å²) in [5, 5.41) is 9.84. The second-order valence-electron chi connectivity index (χ2n) is 9.38. The summed E-state index contributed by atoms with van der Waals surface area (Å²) in [6.45, 7) is 3.59. The van der Waals surface area contributed by atoms with Gasteiger partial charge in [-0.3, -0.25) is 18.7 Å². The minimum Gasteiger partial charge on any atom is -0.497 e. The van der Waals surface area contributed by atoms with Crippen molar-refractivity contribution in [1.29, 1.82) is 0 Å². The van der Waals surface area contributed by atoms with Gasteiger partial charge in [0.2, 0.25) is 5.91 Å². The Bertz CT molecular complexity index is 1730. The summed E-state index contributed by atoms with van der Waals surface area (Å²) in [5.41, 5.74) is 1.13. The summed E-state index contributed by atoms with van der Waals surface area (Å²) >= 11 is 0. The van der Waals surface area contributed by atoms with E-state index >= 15 is 0 Å². The molecule has 0 aliphatic rings. The van der Waals surface area contributed by atoms with E-state index in [4.69, 9.17) is 14.6 Å². The molecule has 0 aliphatic heterocycles. The molecule has 2 heterocycles. The van der Waals surface area contributed by atoms with Crippen LogP contribution in [0.5, 0.6) is 5.75 Å². The number of benzene rings is 2. The van der Waals surface area contributed by atoms with E-state index in [0.717, 1.165) is 16.6 Å². The lowest BCUT2D eigenvalue weighted by Crippen LogP contribution is -2.40. The zero-order valence-electron chi connectivity index (χ0n) is 23.4. The molecular formula is C28H29F4N5O6. The van der Waals surface area contributed by atoms with Crippen LogP contribution in [0.1, 0.15) is 43.6 Å². The van der Waals surface area contributed by atoms with Crippen LogP contribution in [0.2, 0.25) is 0 Å². The Labute approximate surface area is 241 Å². The van der Waals surface area contributed by atoms with E-state index in [0.29, 0.717) is 36.6 Å². The lowest BCUT2D eigenvalue weighted by atomic mass is 10.1. The molecule has 0 spiro atoms. The first-order valence-electron chi connectivity index (χ1n) is 13.0. The predicted molar refractivity (Wildman–Crippen MR) is 149 cm³/mol. The predicted octanol–water partition coefficient (Wildman–Crippen LogP) is 4.06.